The molecule has 112 valence electrons. The van der Waals surface area contributed by atoms with Gasteiger partial charge in [-0.05, 0) is 38.0 Å². The number of rotatable bonds is 5. The van der Waals surface area contributed by atoms with E-state index in [1.807, 2.05) is 0 Å². The molecule has 1 aliphatic rings. The Morgan fingerprint density at radius 3 is 2.76 bits per heavy atom. The molecule has 1 aliphatic carbocycles. The summed E-state index contributed by atoms with van der Waals surface area (Å²) in [5, 5.41) is 8.63. The molecule has 1 unspecified atom stereocenters. The van der Waals surface area contributed by atoms with Gasteiger partial charge in [-0.2, -0.15) is 5.26 Å². The van der Waals surface area contributed by atoms with E-state index in [-0.39, 0.29) is 21.5 Å². The van der Waals surface area contributed by atoms with Crippen LogP contribution in [0, 0.1) is 11.3 Å². The van der Waals surface area contributed by atoms with Crippen molar-refractivity contribution >= 4 is 27.6 Å². The molecule has 0 bridgehead atoms. The first-order valence-corrected chi connectivity index (χ1v) is 8.12. The summed E-state index contributed by atoms with van der Waals surface area (Å²) in [4.78, 5) is 11.6. The molecule has 0 heterocycles. The van der Waals surface area contributed by atoms with Crippen molar-refractivity contribution in [2.75, 3.05) is 0 Å². The van der Waals surface area contributed by atoms with Gasteiger partial charge in [0.15, 0.2) is 6.10 Å². The Labute approximate surface area is 127 Å². The minimum atomic E-state index is -3.77. The molecule has 8 heteroatoms. The molecule has 1 N–H and O–H groups in total. The van der Waals surface area contributed by atoms with Crippen LogP contribution in [-0.4, -0.2) is 26.5 Å². The minimum Gasteiger partial charge on any atom is -0.444 e. The summed E-state index contributed by atoms with van der Waals surface area (Å²) in [5.41, 5.74) is 0.0256. The number of nitrogens with zero attached hydrogens (tertiary/aromatic N) is 1. The summed E-state index contributed by atoms with van der Waals surface area (Å²) in [7, 11) is -3.77. The van der Waals surface area contributed by atoms with Crippen LogP contribution in [0.1, 0.15) is 30.1 Å². The number of nitriles is 1. The molecule has 1 atom stereocenters. The van der Waals surface area contributed by atoms with Crippen LogP contribution in [0.15, 0.2) is 23.1 Å². The average Bonchev–Trinajstić information content (AvgIpc) is 3.21. The summed E-state index contributed by atoms with van der Waals surface area (Å²) in [6.07, 6.45) is 0.661. The van der Waals surface area contributed by atoms with Crippen LogP contribution in [0.25, 0.3) is 0 Å². The second-order valence-electron chi connectivity index (χ2n) is 4.72. The maximum absolute atomic E-state index is 12.2. The third kappa shape index (κ3) is 3.94. The molecule has 21 heavy (non-hydrogen) atoms. The zero-order valence-electron chi connectivity index (χ0n) is 11.2. The summed E-state index contributed by atoms with van der Waals surface area (Å²) in [5.74, 6) is -0.774. The van der Waals surface area contributed by atoms with Gasteiger partial charge in [0, 0.05) is 6.04 Å². The standard InChI is InChI=1S/C13H13ClN2O4S/c1-8(7-15)20-13(17)9-2-5-11(14)12(6-9)21(18,19)16-10-3-4-10/h2,5-6,8,10,16H,3-4H2,1H3. The van der Waals surface area contributed by atoms with Crippen LogP contribution in [-0.2, 0) is 14.8 Å². The maximum atomic E-state index is 12.2. The van der Waals surface area contributed by atoms with Gasteiger partial charge in [-0.25, -0.2) is 17.9 Å². The Balaban J connectivity index is 2.29. The van der Waals surface area contributed by atoms with Gasteiger partial charge in [0.05, 0.1) is 10.6 Å². The summed E-state index contributed by atoms with van der Waals surface area (Å²) >= 11 is 5.90. The van der Waals surface area contributed by atoms with Crippen molar-refractivity contribution in [1.29, 1.82) is 5.26 Å². The number of nitrogens with one attached hydrogen (secondary N) is 1. The lowest BCUT2D eigenvalue weighted by Crippen LogP contribution is -2.26. The lowest BCUT2D eigenvalue weighted by molar-refractivity contribution is 0.0435. The van der Waals surface area contributed by atoms with E-state index < -0.39 is 22.1 Å². The fraction of sp³-hybridized carbons (Fsp3) is 0.385. The second-order valence-corrected chi connectivity index (χ2v) is 6.81. The van der Waals surface area contributed by atoms with E-state index in [2.05, 4.69) is 4.72 Å². The van der Waals surface area contributed by atoms with Gasteiger partial charge in [0.1, 0.15) is 11.0 Å². The Kier molecular flexibility index (Phi) is 4.52. The van der Waals surface area contributed by atoms with E-state index in [1.54, 1.807) is 6.07 Å². The first-order valence-electron chi connectivity index (χ1n) is 6.26. The SMILES string of the molecule is CC(C#N)OC(=O)c1ccc(Cl)c(S(=O)(=O)NC2CC2)c1. The highest BCUT2D eigenvalue weighted by molar-refractivity contribution is 7.89. The number of halogens is 1. The van der Waals surface area contributed by atoms with E-state index in [9.17, 15) is 13.2 Å². The molecular weight excluding hydrogens is 316 g/mol. The highest BCUT2D eigenvalue weighted by Crippen LogP contribution is 2.27. The van der Waals surface area contributed by atoms with Crippen LogP contribution in [0.2, 0.25) is 5.02 Å². The first kappa shape index (κ1) is 15.8. The monoisotopic (exact) mass is 328 g/mol. The van der Waals surface area contributed by atoms with Crippen molar-refractivity contribution in [3.8, 4) is 6.07 Å². The molecule has 0 radical (unpaired) electrons. The smallest absolute Gasteiger partial charge is 0.339 e. The summed E-state index contributed by atoms with van der Waals surface area (Å²) in [6, 6.07) is 5.51. The Bertz CT molecular complexity index is 707. The number of hydrogen-bond acceptors (Lipinski definition) is 5. The maximum Gasteiger partial charge on any atom is 0.339 e. The van der Waals surface area contributed by atoms with Crippen LogP contribution in [0.4, 0.5) is 0 Å². The van der Waals surface area contributed by atoms with Gasteiger partial charge in [-0.3, -0.25) is 0 Å². The predicted molar refractivity (Wildman–Crippen MR) is 75.3 cm³/mol. The van der Waals surface area contributed by atoms with Gasteiger partial charge >= 0.3 is 5.97 Å². The number of carbonyl (C=O) groups excluding carboxylic acids is 1. The molecule has 0 aromatic heterocycles. The van der Waals surface area contributed by atoms with Gasteiger partial charge in [0.2, 0.25) is 10.0 Å². The third-order valence-corrected chi connectivity index (χ3v) is 4.82. The molecule has 0 saturated heterocycles. The highest BCUT2D eigenvalue weighted by atomic mass is 35.5. The molecule has 1 saturated carbocycles. The molecule has 6 nitrogen and oxygen atoms in total. The highest BCUT2D eigenvalue weighted by Gasteiger charge is 2.29. The summed E-state index contributed by atoms with van der Waals surface area (Å²) in [6.45, 7) is 1.42. The van der Waals surface area contributed by atoms with Gasteiger partial charge in [0.25, 0.3) is 0 Å². The van der Waals surface area contributed by atoms with Crippen molar-refractivity contribution < 1.29 is 17.9 Å². The van der Waals surface area contributed by atoms with Gasteiger partial charge < -0.3 is 4.74 Å². The third-order valence-electron chi connectivity index (χ3n) is 2.82. The van der Waals surface area contributed by atoms with Crippen LogP contribution in [0.5, 0.6) is 0 Å². The normalized spacial score (nSPS) is 16.0. The quantitative estimate of drug-likeness (QED) is 0.832. The molecule has 2 rings (SSSR count). The van der Waals surface area contributed by atoms with Gasteiger partial charge in [-0.15, -0.1) is 0 Å². The fourth-order valence-corrected chi connectivity index (χ4v) is 3.41. The first-order chi connectivity index (χ1) is 9.83. The van der Waals surface area contributed by atoms with Crippen molar-refractivity contribution in [2.24, 2.45) is 0 Å². The van der Waals surface area contributed by atoms with E-state index >= 15 is 0 Å². The van der Waals surface area contributed by atoms with Crippen LogP contribution in [0.3, 0.4) is 0 Å². The molecule has 0 amide bonds. The molecule has 1 aromatic carbocycles. The van der Waals surface area contributed by atoms with E-state index in [0.717, 1.165) is 18.9 Å². The lowest BCUT2D eigenvalue weighted by atomic mass is 10.2. The second kappa shape index (κ2) is 6.02. The van der Waals surface area contributed by atoms with E-state index in [0.29, 0.717) is 0 Å². The lowest BCUT2D eigenvalue weighted by Gasteiger charge is -2.10. The molecule has 0 aliphatic heterocycles. The predicted octanol–water partition coefficient (Wildman–Crippen LogP) is 1.85. The average molecular weight is 329 g/mol. The van der Waals surface area contributed by atoms with E-state index in [4.69, 9.17) is 21.6 Å². The molecule has 1 aromatic rings. The van der Waals surface area contributed by atoms with Crippen molar-refractivity contribution in [2.45, 2.75) is 36.8 Å². The van der Waals surface area contributed by atoms with Crippen LogP contribution < -0.4 is 4.72 Å². The number of hydrogen-bond donors (Lipinski definition) is 1. The van der Waals surface area contributed by atoms with Gasteiger partial charge in [-0.1, -0.05) is 11.6 Å². The fourth-order valence-electron chi connectivity index (χ4n) is 1.58. The molecular formula is C13H13ClN2O4S. The van der Waals surface area contributed by atoms with Crippen molar-refractivity contribution in [3.05, 3.63) is 28.8 Å². The molecule has 0 spiro atoms. The zero-order valence-corrected chi connectivity index (χ0v) is 12.7. The zero-order chi connectivity index (χ0) is 15.6. The number of sulfonamides is 1. The van der Waals surface area contributed by atoms with Crippen LogP contribution >= 0.6 is 11.6 Å². The number of esters is 1. The van der Waals surface area contributed by atoms with Crippen molar-refractivity contribution in [3.63, 3.8) is 0 Å². The number of ether oxygens (including phenoxy) is 1. The minimum absolute atomic E-state index is 0.0213. The Morgan fingerprint density at radius 2 is 2.19 bits per heavy atom. The Morgan fingerprint density at radius 1 is 1.52 bits per heavy atom. The molecule has 1 fully saturated rings. The number of carbonyl (C=O) groups is 1. The number of benzene rings is 1. The van der Waals surface area contributed by atoms with Crippen molar-refractivity contribution in [1.82, 2.24) is 4.72 Å². The Hall–Kier alpha value is -1.62. The largest absolute Gasteiger partial charge is 0.444 e. The van der Waals surface area contributed by atoms with E-state index in [1.165, 1.54) is 19.1 Å². The topological polar surface area (TPSA) is 96.3 Å². The summed E-state index contributed by atoms with van der Waals surface area (Å²) < 4.78 is 31.6.